The van der Waals surface area contributed by atoms with Gasteiger partial charge in [-0.3, -0.25) is 4.79 Å². The highest BCUT2D eigenvalue weighted by Crippen LogP contribution is 2.25. The summed E-state index contributed by atoms with van der Waals surface area (Å²) in [5.41, 5.74) is 7.34. The van der Waals surface area contributed by atoms with Crippen LogP contribution in [-0.2, 0) is 6.61 Å². The largest absolute Gasteiger partial charge is 0.486 e. The van der Waals surface area contributed by atoms with Gasteiger partial charge >= 0.3 is 0 Å². The first kappa shape index (κ1) is 14.3. The van der Waals surface area contributed by atoms with Crippen LogP contribution in [0.4, 0.5) is 0 Å². The molecule has 1 amide bonds. The van der Waals surface area contributed by atoms with E-state index >= 15 is 0 Å². The highest BCUT2D eigenvalue weighted by Gasteiger charge is 2.12. The highest BCUT2D eigenvalue weighted by atomic mass is 32.1. The average molecular weight is 314 g/mol. The van der Waals surface area contributed by atoms with Gasteiger partial charge < -0.3 is 14.9 Å². The number of hydrogen-bond acceptors (Lipinski definition) is 5. The van der Waals surface area contributed by atoms with Gasteiger partial charge in [0.05, 0.1) is 10.4 Å². The van der Waals surface area contributed by atoms with Crippen molar-refractivity contribution in [3.8, 4) is 16.5 Å². The highest BCUT2D eigenvalue weighted by molar-refractivity contribution is 7.13. The maximum atomic E-state index is 11.4. The number of amides is 1. The quantitative estimate of drug-likeness (QED) is 0.783. The number of aryl methyl sites for hydroxylation is 1. The van der Waals surface area contributed by atoms with Crippen LogP contribution in [0.15, 0.2) is 46.4 Å². The predicted molar refractivity (Wildman–Crippen MR) is 83.8 cm³/mol. The molecule has 3 rings (SSSR count). The van der Waals surface area contributed by atoms with Gasteiger partial charge in [-0.25, -0.2) is 4.98 Å². The minimum atomic E-state index is -0.519. The van der Waals surface area contributed by atoms with E-state index in [2.05, 4.69) is 4.98 Å². The lowest BCUT2D eigenvalue weighted by Gasteiger charge is -2.09. The van der Waals surface area contributed by atoms with Crippen LogP contribution in [0, 0.1) is 6.92 Å². The van der Waals surface area contributed by atoms with E-state index in [0.29, 0.717) is 22.9 Å². The zero-order valence-corrected chi connectivity index (χ0v) is 12.7. The Bertz CT molecular complexity index is 794. The van der Waals surface area contributed by atoms with Crippen molar-refractivity contribution in [2.45, 2.75) is 13.5 Å². The second kappa shape index (κ2) is 6.03. The molecule has 0 spiro atoms. The topological polar surface area (TPSA) is 78.4 Å². The van der Waals surface area contributed by atoms with Gasteiger partial charge in [0.1, 0.15) is 24.3 Å². The molecule has 0 aliphatic heterocycles. The number of ether oxygens (including phenoxy) is 1. The molecule has 0 saturated carbocycles. The molecule has 0 bridgehead atoms. The lowest BCUT2D eigenvalue weighted by atomic mass is 10.1. The second-order valence-electron chi connectivity index (χ2n) is 4.77. The Balaban J connectivity index is 1.76. The molecule has 0 unspecified atom stereocenters. The van der Waals surface area contributed by atoms with Crippen LogP contribution in [0.5, 0.6) is 5.75 Å². The van der Waals surface area contributed by atoms with E-state index in [1.807, 2.05) is 30.5 Å². The molecule has 0 fully saturated rings. The number of oxazole rings is 1. The van der Waals surface area contributed by atoms with Crippen molar-refractivity contribution in [3.63, 3.8) is 0 Å². The van der Waals surface area contributed by atoms with Crippen molar-refractivity contribution in [2.24, 2.45) is 5.73 Å². The first-order valence-electron chi connectivity index (χ1n) is 6.65. The van der Waals surface area contributed by atoms with Crippen molar-refractivity contribution in [3.05, 3.63) is 58.8 Å². The third kappa shape index (κ3) is 3.01. The molecular weight excluding hydrogens is 300 g/mol. The van der Waals surface area contributed by atoms with Gasteiger partial charge in [0.2, 0.25) is 5.89 Å². The van der Waals surface area contributed by atoms with E-state index < -0.39 is 5.91 Å². The lowest BCUT2D eigenvalue weighted by Crippen LogP contribution is -2.13. The second-order valence-corrected chi connectivity index (χ2v) is 5.72. The minimum absolute atomic E-state index is 0.207. The Labute approximate surface area is 131 Å². The summed E-state index contributed by atoms with van der Waals surface area (Å²) in [5.74, 6) is 0.496. The molecule has 22 heavy (non-hydrogen) atoms. The number of carbonyl (C=O) groups is 1. The van der Waals surface area contributed by atoms with Gasteiger partial charge in [0, 0.05) is 0 Å². The van der Waals surface area contributed by atoms with E-state index in [-0.39, 0.29) is 6.61 Å². The van der Waals surface area contributed by atoms with Crippen molar-refractivity contribution >= 4 is 17.2 Å². The SMILES string of the molecule is Cc1ccc(C(N)=O)c(OCc2coc(-c3cccs3)n2)c1. The van der Waals surface area contributed by atoms with Crippen LogP contribution in [0.25, 0.3) is 10.8 Å². The van der Waals surface area contributed by atoms with E-state index in [0.717, 1.165) is 10.4 Å². The van der Waals surface area contributed by atoms with Crippen LogP contribution in [-0.4, -0.2) is 10.9 Å². The number of carbonyl (C=O) groups excluding carboxylic acids is 1. The lowest BCUT2D eigenvalue weighted by molar-refractivity contribution is 0.0996. The molecule has 1 aromatic carbocycles. The van der Waals surface area contributed by atoms with Crippen LogP contribution >= 0.6 is 11.3 Å². The van der Waals surface area contributed by atoms with Gasteiger partial charge in [-0.1, -0.05) is 12.1 Å². The zero-order valence-electron chi connectivity index (χ0n) is 11.9. The summed E-state index contributed by atoms with van der Waals surface area (Å²) < 4.78 is 11.1. The van der Waals surface area contributed by atoms with E-state index in [1.54, 1.807) is 29.7 Å². The third-order valence-electron chi connectivity index (χ3n) is 3.06. The number of nitrogens with two attached hydrogens (primary N) is 1. The van der Waals surface area contributed by atoms with Gasteiger partial charge in [-0.05, 0) is 36.1 Å². The molecule has 0 atom stereocenters. The number of rotatable bonds is 5. The first-order valence-corrected chi connectivity index (χ1v) is 7.53. The summed E-state index contributed by atoms with van der Waals surface area (Å²) in [7, 11) is 0. The zero-order chi connectivity index (χ0) is 15.5. The fourth-order valence-corrected chi connectivity index (χ4v) is 2.65. The number of primary amides is 1. The van der Waals surface area contributed by atoms with Crippen molar-refractivity contribution in [2.75, 3.05) is 0 Å². The van der Waals surface area contributed by atoms with Gasteiger partial charge in [0.15, 0.2) is 0 Å². The van der Waals surface area contributed by atoms with Crippen LogP contribution < -0.4 is 10.5 Å². The summed E-state index contributed by atoms with van der Waals surface area (Å²) in [6, 6.07) is 9.13. The fourth-order valence-electron chi connectivity index (χ4n) is 1.99. The maximum absolute atomic E-state index is 11.4. The Hall–Kier alpha value is -2.60. The molecule has 3 aromatic rings. The Morgan fingerprint density at radius 3 is 3.00 bits per heavy atom. The molecule has 0 aliphatic carbocycles. The summed E-state index contributed by atoms with van der Waals surface area (Å²) >= 11 is 1.55. The summed E-state index contributed by atoms with van der Waals surface area (Å²) in [6.07, 6.45) is 1.55. The number of thiophene rings is 1. The molecule has 112 valence electrons. The van der Waals surface area contributed by atoms with E-state index in [4.69, 9.17) is 14.9 Å². The van der Waals surface area contributed by atoms with Crippen molar-refractivity contribution < 1.29 is 13.9 Å². The monoisotopic (exact) mass is 314 g/mol. The number of hydrogen-bond donors (Lipinski definition) is 1. The fraction of sp³-hybridized carbons (Fsp3) is 0.125. The van der Waals surface area contributed by atoms with Gasteiger partial charge in [-0.15, -0.1) is 11.3 Å². The van der Waals surface area contributed by atoms with Crippen LogP contribution in [0.1, 0.15) is 21.6 Å². The molecule has 0 aliphatic rings. The Morgan fingerprint density at radius 2 is 2.27 bits per heavy atom. The van der Waals surface area contributed by atoms with Crippen LogP contribution in [0.3, 0.4) is 0 Å². The van der Waals surface area contributed by atoms with E-state index in [9.17, 15) is 4.79 Å². The number of aromatic nitrogens is 1. The van der Waals surface area contributed by atoms with Gasteiger partial charge in [0.25, 0.3) is 5.91 Å². The molecular formula is C16H14N2O3S. The maximum Gasteiger partial charge on any atom is 0.252 e. The standard InChI is InChI=1S/C16H14N2O3S/c1-10-4-5-12(15(17)19)13(7-10)20-8-11-9-21-16(18-11)14-3-2-6-22-14/h2-7,9H,8H2,1H3,(H2,17,19). The minimum Gasteiger partial charge on any atom is -0.486 e. The Morgan fingerprint density at radius 1 is 1.41 bits per heavy atom. The summed E-state index contributed by atoms with van der Waals surface area (Å²) in [6.45, 7) is 2.13. The first-order chi connectivity index (χ1) is 10.6. The van der Waals surface area contributed by atoms with Crippen molar-refractivity contribution in [1.29, 1.82) is 0 Å². The van der Waals surface area contributed by atoms with Gasteiger partial charge in [-0.2, -0.15) is 0 Å². The molecule has 2 N–H and O–H groups in total. The van der Waals surface area contributed by atoms with E-state index in [1.165, 1.54) is 0 Å². The summed E-state index contributed by atoms with van der Waals surface area (Å²) in [4.78, 5) is 16.7. The normalized spacial score (nSPS) is 10.6. The molecule has 0 saturated heterocycles. The molecule has 0 radical (unpaired) electrons. The number of benzene rings is 1. The molecule has 5 nitrogen and oxygen atoms in total. The smallest absolute Gasteiger partial charge is 0.252 e. The molecule has 2 aromatic heterocycles. The third-order valence-corrected chi connectivity index (χ3v) is 3.92. The number of nitrogens with zero attached hydrogens (tertiary/aromatic N) is 1. The predicted octanol–water partition coefficient (Wildman–Crippen LogP) is 3.39. The summed E-state index contributed by atoms with van der Waals surface area (Å²) in [5, 5.41) is 1.96. The molecule has 2 heterocycles. The Kier molecular flexibility index (Phi) is 3.93. The van der Waals surface area contributed by atoms with Crippen LogP contribution in [0.2, 0.25) is 0 Å². The molecule has 6 heteroatoms. The average Bonchev–Trinajstić information content (AvgIpc) is 3.16. The van der Waals surface area contributed by atoms with Crippen molar-refractivity contribution in [1.82, 2.24) is 4.98 Å².